The molecule has 0 unspecified atom stereocenters. The van der Waals surface area contributed by atoms with Crippen LogP contribution in [0.5, 0.6) is 17.2 Å². The van der Waals surface area contributed by atoms with Crippen LogP contribution in [0.1, 0.15) is 48.9 Å². The number of aryl methyl sites for hydroxylation is 3. The Morgan fingerprint density at radius 1 is 0.381 bits per heavy atom. The summed E-state index contributed by atoms with van der Waals surface area (Å²) >= 11 is 0. The van der Waals surface area contributed by atoms with E-state index in [1.807, 2.05) is 0 Å². The van der Waals surface area contributed by atoms with Gasteiger partial charge in [0.15, 0.2) is 11.5 Å². The van der Waals surface area contributed by atoms with Crippen molar-refractivity contribution in [1.29, 1.82) is 0 Å². The molecule has 0 saturated carbocycles. The Morgan fingerprint density at radius 3 is 0.937 bits per heavy atom. The number of nitrogens with zero attached hydrogens (tertiary/aromatic N) is 3. The zero-order valence-electron chi connectivity index (χ0n) is 35.4. The van der Waals surface area contributed by atoms with Crippen LogP contribution in [0.15, 0.2) is 158 Å². The summed E-state index contributed by atoms with van der Waals surface area (Å²) in [5.41, 5.74) is 7.45. The van der Waals surface area contributed by atoms with Crippen molar-refractivity contribution < 1.29 is 24.1 Å². The van der Waals surface area contributed by atoms with Crippen molar-refractivity contribution in [3.8, 4) is 17.2 Å². The molecule has 8 nitrogen and oxygen atoms in total. The van der Waals surface area contributed by atoms with Gasteiger partial charge < -0.3 is 33.0 Å². The molecule has 0 spiro atoms. The third-order valence-electron chi connectivity index (χ3n) is 12.4. The third kappa shape index (κ3) is 7.93. The molecular formula is C55H51N3O5. The van der Waals surface area contributed by atoms with Crippen LogP contribution in [0, 0.1) is 0 Å². The fourth-order valence-electron chi connectivity index (χ4n) is 9.44. The molecule has 7 aromatic carbocycles. The molecule has 0 radical (unpaired) electrons. The Kier molecular flexibility index (Phi) is 11.4. The van der Waals surface area contributed by atoms with Gasteiger partial charge in [0.2, 0.25) is 5.75 Å². The molecule has 0 atom stereocenters. The number of carboxylic acids is 1. The number of hydrogen-bond acceptors (Lipinski definition) is 4. The van der Waals surface area contributed by atoms with Crippen molar-refractivity contribution in [2.45, 2.75) is 58.2 Å². The average molecular weight is 834 g/mol. The van der Waals surface area contributed by atoms with Gasteiger partial charge in [-0.25, -0.2) is 4.79 Å². The molecule has 0 aliphatic heterocycles. The van der Waals surface area contributed by atoms with E-state index in [9.17, 15) is 9.90 Å². The highest BCUT2D eigenvalue weighted by molar-refractivity contribution is 6.09. The largest absolute Gasteiger partial charge is 0.490 e. The molecule has 10 aromatic rings. The zero-order valence-corrected chi connectivity index (χ0v) is 35.4. The molecule has 0 saturated heterocycles. The quantitative estimate of drug-likeness (QED) is 0.0821. The molecule has 0 aliphatic carbocycles. The lowest BCUT2D eigenvalue weighted by molar-refractivity contribution is 0.0695. The first kappa shape index (κ1) is 39.9. The zero-order chi connectivity index (χ0) is 42.5. The Bertz CT molecular complexity index is 2920. The Labute approximate surface area is 366 Å². The number of ether oxygens (including phenoxy) is 3. The lowest BCUT2D eigenvalue weighted by Crippen LogP contribution is -2.09. The number of unbranched alkanes of at least 4 members (excludes halogenated alkanes) is 3. The summed E-state index contributed by atoms with van der Waals surface area (Å²) in [5, 5.41) is 17.8. The summed E-state index contributed by atoms with van der Waals surface area (Å²) in [5.74, 6) is 0.214. The minimum Gasteiger partial charge on any atom is -0.490 e. The highest BCUT2D eigenvalue weighted by atomic mass is 16.5. The van der Waals surface area contributed by atoms with Crippen LogP contribution in [0.2, 0.25) is 0 Å². The van der Waals surface area contributed by atoms with Crippen LogP contribution in [0.3, 0.4) is 0 Å². The predicted molar refractivity (Wildman–Crippen MR) is 256 cm³/mol. The van der Waals surface area contributed by atoms with E-state index in [0.29, 0.717) is 37.1 Å². The van der Waals surface area contributed by atoms with E-state index in [-0.39, 0.29) is 5.56 Å². The normalized spacial score (nSPS) is 11.7. The monoisotopic (exact) mass is 833 g/mol. The molecule has 63 heavy (non-hydrogen) atoms. The van der Waals surface area contributed by atoms with Crippen molar-refractivity contribution in [3.05, 3.63) is 163 Å². The number of rotatable bonds is 19. The van der Waals surface area contributed by atoms with E-state index in [2.05, 4.69) is 159 Å². The lowest BCUT2D eigenvalue weighted by atomic mass is 10.1. The molecule has 1 N–H and O–H groups in total. The minimum atomic E-state index is -1.04. The molecule has 0 bridgehead atoms. The van der Waals surface area contributed by atoms with Crippen LogP contribution < -0.4 is 14.2 Å². The molecule has 8 heteroatoms. The fraction of sp³-hybridized carbons (Fsp3) is 0.218. The number of carbonyl (C=O) groups is 1. The molecule has 0 aliphatic rings. The minimum absolute atomic E-state index is 0.106. The predicted octanol–water partition coefficient (Wildman–Crippen LogP) is 13.3. The summed E-state index contributed by atoms with van der Waals surface area (Å²) < 4.78 is 26.6. The summed E-state index contributed by atoms with van der Waals surface area (Å²) in [4.78, 5) is 12.5. The molecule has 0 fully saturated rings. The van der Waals surface area contributed by atoms with E-state index in [4.69, 9.17) is 14.2 Å². The van der Waals surface area contributed by atoms with Gasteiger partial charge in [-0.2, -0.15) is 0 Å². The van der Waals surface area contributed by atoms with Crippen molar-refractivity contribution in [1.82, 2.24) is 13.7 Å². The van der Waals surface area contributed by atoms with E-state index >= 15 is 0 Å². The highest BCUT2D eigenvalue weighted by Crippen LogP contribution is 2.40. The van der Waals surface area contributed by atoms with E-state index < -0.39 is 5.97 Å². The number of carboxylic acid groups (broad SMARTS) is 1. The Hall–Kier alpha value is -7.19. The average Bonchev–Trinajstić information content (AvgIpc) is 3.94. The van der Waals surface area contributed by atoms with E-state index in [1.54, 1.807) is 12.1 Å². The van der Waals surface area contributed by atoms with Gasteiger partial charge in [-0.05, 0) is 87.1 Å². The van der Waals surface area contributed by atoms with Gasteiger partial charge in [0.25, 0.3) is 0 Å². The maximum absolute atomic E-state index is 12.5. The Morgan fingerprint density at radius 2 is 0.651 bits per heavy atom. The first-order valence-corrected chi connectivity index (χ1v) is 22.3. The smallest absolute Gasteiger partial charge is 0.335 e. The summed E-state index contributed by atoms with van der Waals surface area (Å²) in [6.07, 6.45) is 5.00. The van der Waals surface area contributed by atoms with Gasteiger partial charge in [0, 0.05) is 85.1 Å². The molecule has 3 aromatic heterocycles. The molecule has 3 heterocycles. The van der Waals surface area contributed by atoms with Gasteiger partial charge in [-0.1, -0.05) is 109 Å². The van der Waals surface area contributed by atoms with Gasteiger partial charge in [-0.15, -0.1) is 0 Å². The highest BCUT2D eigenvalue weighted by Gasteiger charge is 2.20. The SMILES string of the molecule is O=C(O)c1cc(OCCCCn2c3ccccc3c3ccccc32)c(OCCCCn2c3ccccc3c3ccccc32)c(OCCCCn2c3ccccc3c3ccccc32)c1. The number of benzene rings is 7. The second kappa shape index (κ2) is 18.0. The number of aromatic carboxylic acids is 1. The maximum atomic E-state index is 12.5. The Balaban J connectivity index is 0.840. The fourth-order valence-corrected chi connectivity index (χ4v) is 9.44. The number of aromatic nitrogens is 3. The molecule has 10 rings (SSSR count). The van der Waals surface area contributed by atoms with Crippen LogP contribution in [-0.2, 0) is 19.6 Å². The number of para-hydroxylation sites is 6. The molecule has 316 valence electrons. The van der Waals surface area contributed by atoms with Gasteiger partial charge in [0.1, 0.15) is 0 Å². The van der Waals surface area contributed by atoms with Crippen LogP contribution in [0.25, 0.3) is 65.4 Å². The first-order valence-electron chi connectivity index (χ1n) is 22.3. The second-order valence-corrected chi connectivity index (χ2v) is 16.3. The number of fused-ring (bicyclic) bond motifs is 9. The topological polar surface area (TPSA) is 79.8 Å². The molecule has 0 amide bonds. The maximum Gasteiger partial charge on any atom is 0.335 e. The van der Waals surface area contributed by atoms with E-state index in [1.165, 1.54) is 65.4 Å². The molecular weight excluding hydrogens is 783 g/mol. The van der Waals surface area contributed by atoms with Gasteiger partial charge in [0.05, 0.1) is 25.4 Å². The summed E-state index contributed by atoms with van der Waals surface area (Å²) in [6, 6.07) is 54.5. The standard InChI is InChI=1S/C55H51N3O5/c59-55(60)39-37-52(61-34-16-13-31-56-46-25-7-1-19-40(46)41-20-2-8-26-47(41)56)54(63-36-18-15-33-58-50-29-11-5-23-44(50)45-24-6-12-30-51(45)58)53(38-39)62-35-17-14-32-57-48-27-9-3-21-42(48)43-22-4-10-28-49(43)57/h1-12,19-30,37-38H,13-18,31-36H2,(H,59,60). The van der Waals surface area contributed by atoms with Gasteiger partial charge >= 0.3 is 5.97 Å². The number of hydrogen-bond donors (Lipinski definition) is 1. The van der Waals surface area contributed by atoms with Crippen molar-refractivity contribution in [3.63, 3.8) is 0 Å². The van der Waals surface area contributed by atoms with Crippen molar-refractivity contribution >= 4 is 71.4 Å². The summed E-state index contributed by atoms with van der Waals surface area (Å²) in [7, 11) is 0. The summed E-state index contributed by atoms with van der Waals surface area (Å²) in [6.45, 7) is 3.76. The van der Waals surface area contributed by atoms with Crippen LogP contribution in [0.4, 0.5) is 0 Å². The van der Waals surface area contributed by atoms with Crippen LogP contribution in [-0.4, -0.2) is 44.6 Å². The second-order valence-electron chi connectivity index (χ2n) is 16.3. The van der Waals surface area contributed by atoms with Crippen LogP contribution >= 0.6 is 0 Å². The van der Waals surface area contributed by atoms with Crippen molar-refractivity contribution in [2.24, 2.45) is 0 Å². The van der Waals surface area contributed by atoms with E-state index in [0.717, 1.165) is 58.2 Å². The first-order chi connectivity index (χ1) is 31.1. The third-order valence-corrected chi connectivity index (χ3v) is 12.4. The van der Waals surface area contributed by atoms with Gasteiger partial charge in [-0.3, -0.25) is 0 Å². The lowest BCUT2D eigenvalue weighted by Gasteiger charge is -2.18. The van der Waals surface area contributed by atoms with Crippen molar-refractivity contribution in [2.75, 3.05) is 19.8 Å².